The lowest BCUT2D eigenvalue weighted by Crippen LogP contribution is -2.42. The highest BCUT2D eigenvalue weighted by molar-refractivity contribution is 5.84. The number of ether oxygens (including phenoxy) is 2. The lowest BCUT2D eigenvalue weighted by molar-refractivity contribution is -0.127. The summed E-state index contributed by atoms with van der Waals surface area (Å²) >= 11 is 0. The Morgan fingerprint density at radius 3 is 2.35 bits per heavy atom. The van der Waals surface area contributed by atoms with Gasteiger partial charge in [-0.3, -0.25) is 4.79 Å². The van der Waals surface area contributed by atoms with Crippen LogP contribution in [0.4, 0.5) is 0 Å². The highest BCUT2D eigenvalue weighted by Crippen LogP contribution is 2.16. The molecule has 144 valence electrons. The monoisotopic (exact) mass is 362 g/mol. The van der Waals surface area contributed by atoms with Gasteiger partial charge in [-0.05, 0) is 31.2 Å². The van der Waals surface area contributed by atoms with E-state index in [-0.39, 0.29) is 12.5 Å². The minimum Gasteiger partial charge on any atom is -0.497 e. The molecule has 7 heteroatoms. The third kappa shape index (κ3) is 7.92. The van der Waals surface area contributed by atoms with Crippen molar-refractivity contribution in [1.29, 1.82) is 0 Å². The summed E-state index contributed by atoms with van der Waals surface area (Å²) in [4.78, 5) is 19.6. The zero-order chi connectivity index (χ0) is 19.5. The van der Waals surface area contributed by atoms with Gasteiger partial charge < -0.3 is 24.6 Å². The van der Waals surface area contributed by atoms with Gasteiger partial charge in [-0.15, -0.1) is 0 Å². The lowest BCUT2D eigenvalue weighted by atomic mass is 10.3. The van der Waals surface area contributed by atoms with Gasteiger partial charge in [-0.25, -0.2) is 4.99 Å². The minimum atomic E-state index is -0.0532. The van der Waals surface area contributed by atoms with E-state index in [4.69, 9.17) is 9.47 Å². The number of nitrogens with zero attached hydrogens (tertiary/aromatic N) is 3. The maximum atomic E-state index is 11.8. The van der Waals surface area contributed by atoms with E-state index in [9.17, 15) is 4.79 Å². The summed E-state index contributed by atoms with van der Waals surface area (Å²) < 4.78 is 10.9. The number of methoxy groups -OCH3 is 1. The summed E-state index contributed by atoms with van der Waals surface area (Å²) in [6.45, 7) is 7.60. The predicted molar refractivity (Wildman–Crippen MR) is 105 cm³/mol. The van der Waals surface area contributed by atoms with Crippen LogP contribution in [0.1, 0.15) is 6.92 Å². The molecule has 0 aliphatic rings. The molecule has 1 aromatic rings. The lowest BCUT2D eigenvalue weighted by Gasteiger charge is -2.23. The number of carbonyl (C=O) groups excluding carboxylic acids is 1. The van der Waals surface area contributed by atoms with Gasteiger partial charge in [-0.1, -0.05) is 12.2 Å². The van der Waals surface area contributed by atoms with Crippen LogP contribution < -0.4 is 14.8 Å². The summed E-state index contributed by atoms with van der Waals surface area (Å²) in [5, 5.41) is 3.21. The molecule has 0 bridgehead atoms. The average Bonchev–Trinajstić information content (AvgIpc) is 2.61. The Labute approximate surface area is 156 Å². The van der Waals surface area contributed by atoms with E-state index in [0.717, 1.165) is 17.1 Å². The van der Waals surface area contributed by atoms with Gasteiger partial charge in [0.1, 0.15) is 24.7 Å². The van der Waals surface area contributed by atoms with Crippen molar-refractivity contribution in [2.24, 2.45) is 4.99 Å². The number of benzene rings is 1. The van der Waals surface area contributed by atoms with Crippen LogP contribution in [0.3, 0.4) is 0 Å². The minimum absolute atomic E-state index is 0.0532. The Kier molecular flexibility index (Phi) is 9.05. The second kappa shape index (κ2) is 11.0. The van der Waals surface area contributed by atoms with Crippen LogP contribution in [0.2, 0.25) is 0 Å². The zero-order valence-corrected chi connectivity index (χ0v) is 16.4. The largest absolute Gasteiger partial charge is 0.497 e. The highest BCUT2D eigenvalue weighted by atomic mass is 16.5. The molecule has 0 aromatic heterocycles. The van der Waals surface area contributed by atoms with Gasteiger partial charge in [0.2, 0.25) is 5.91 Å². The number of nitrogens with one attached hydrogen (secondary N) is 1. The normalized spacial score (nSPS) is 10.9. The molecule has 0 fully saturated rings. The first-order valence-electron chi connectivity index (χ1n) is 8.44. The van der Waals surface area contributed by atoms with Crippen molar-refractivity contribution in [3.63, 3.8) is 0 Å². The molecule has 0 atom stereocenters. The van der Waals surface area contributed by atoms with Crippen LogP contribution in [0.5, 0.6) is 11.5 Å². The Morgan fingerprint density at radius 1 is 1.19 bits per heavy atom. The van der Waals surface area contributed by atoms with Gasteiger partial charge in [0.25, 0.3) is 0 Å². The molecule has 1 N–H and O–H groups in total. The van der Waals surface area contributed by atoms with E-state index >= 15 is 0 Å². The van der Waals surface area contributed by atoms with Crippen LogP contribution in [0.25, 0.3) is 0 Å². The van der Waals surface area contributed by atoms with Gasteiger partial charge >= 0.3 is 0 Å². The number of carbonyl (C=O) groups is 1. The molecule has 1 aromatic carbocycles. The van der Waals surface area contributed by atoms with Crippen molar-refractivity contribution in [2.75, 3.05) is 54.5 Å². The Morgan fingerprint density at radius 2 is 1.81 bits per heavy atom. The Bertz CT molecular complexity index is 612. The average molecular weight is 362 g/mol. The van der Waals surface area contributed by atoms with Gasteiger partial charge in [-0.2, -0.15) is 0 Å². The molecule has 0 radical (unpaired) electrons. The smallest absolute Gasteiger partial charge is 0.243 e. The molecule has 0 heterocycles. The molecule has 0 spiro atoms. The molecule has 1 amide bonds. The van der Waals surface area contributed by atoms with Crippen LogP contribution in [0.15, 0.2) is 41.4 Å². The van der Waals surface area contributed by atoms with E-state index in [1.807, 2.05) is 43.1 Å². The van der Waals surface area contributed by atoms with E-state index in [1.165, 1.54) is 4.90 Å². The number of guanidine groups is 1. The summed E-state index contributed by atoms with van der Waals surface area (Å²) in [7, 11) is 6.96. The molecular weight excluding hydrogens is 332 g/mol. The maximum absolute atomic E-state index is 11.8. The van der Waals surface area contributed by atoms with Crippen LogP contribution in [-0.4, -0.2) is 76.2 Å². The number of amides is 1. The first-order chi connectivity index (χ1) is 12.3. The second-order valence-electron chi connectivity index (χ2n) is 6.18. The van der Waals surface area contributed by atoms with Gasteiger partial charge in [0.15, 0.2) is 5.96 Å². The highest BCUT2D eigenvalue weighted by Gasteiger charge is 2.09. The first-order valence-corrected chi connectivity index (χ1v) is 8.44. The van der Waals surface area contributed by atoms with Crippen molar-refractivity contribution >= 4 is 11.9 Å². The van der Waals surface area contributed by atoms with Crippen molar-refractivity contribution in [2.45, 2.75) is 6.92 Å². The number of aliphatic imine (C=N–C) groups is 1. The molecular formula is C19H30N4O3. The standard InChI is InChI=1S/C19H30N4O3/c1-15(2)13-20-19(21-14-18(24)22(3)4)23(5)11-12-26-17-9-7-16(25-6)8-10-17/h7-10H,1,11-14H2,2-6H3,(H,20,21). The third-order valence-corrected chi connectivity index (χ3v) is 3.53. The predicted octanol–water partition coefficient (Wildman–Crippen LogP) is 1.62. The fourth-order valence-electron chi connectivity index (χ4n) is 1.90. The van der Waals surface area contributed by atoms with Crippen molar-refractivity contribution in [3.8, 4) is 11.5 Å². The summed E-state index contributed by atoms with van der Waals surface area (Å²) in [5.41, 5.74) is 0.986. The molecule has 0 saturated carbocycles. The Balaban J connectivity index is 2.59. The van der Waals surface area contributed by atoms with Crippen molar-refractivity contribution < 1.29 is 14.3 Å². The summed E-state index contributed by atoms with van der Waals surface area (Å²) in [6, 6.07) is 7.44. The topological polar surface area (TPSA) is 66.4 Å². The number of hydrogen-bond donors (Lipinski definition) is 1. The second-order valence-corrected chi connectivity index (χ2v) is 6.18. The third-order valence-electron chi connectivity index (χ3n) is 3.53. The van der Waals surface area contributed by atoms with E-state index in [0.29, 0.717) is 25.7 Å². The van der Waals surface area contributed by atoms with E-state index in [1.54, 1.807) is 21.2 Å². The Hall–Kier alpha value is -2.70. The van der Waals surface area contributed by atoms with Gasteiger partial charge in [0, 0.05) is 27.7 Å². The van der Waals surface area contributed by atoms with Gasteiger partial charge in [0.05, 0.1) is 13.7 Å². The zero-order valence-electron chi connectivity index (χ0n) is 16.4. The molecule has 0 saturated heterocycles. The van der Waals surface area contributed by atoms with Crippen molar-refractivity contribution in [1.82, 2.24) is 15.1 Å². The first kappa shape index (κ1) is 21.3. The number of likely N-dealkylation sites (N-methyl/N-ethyl adjacent to an activating group) is 2. The van der Waals surface area contributed by atoms with Crippen LogP contribution in [0, 0.1) is 0 Å². The molecule has 0 unspecified atom stereocenters. The fourth-order valence-corrected chi connectivity index (χ4v) is 1.90. The molecule has 0 aliphatic carbocycles. The van der Waals surface area contributed by atoms with Crippen molar-refractivity contribution in [3.05, 3.63) is 36.4 Å². The summed E-state index contributed by atoms with van der Waals surface area (Å²) in [6.07, 6.45) is 0. The fraction of sp³-hybridized carbons (Fsp3) is 0.474. The molecule has 26 heavy (non-hydrogen) atoms. The number of hydrogen-bond acceptors (Lipinski definition) is 4. The van der Waals surface area contributed by atoms with Crippen LogP contribution >= 0.6 is 0 Å². The number of rotatable bonds is 9. The molecule has 1 rings (SSSR count). The van der Waals surface area contributed by atoms with E-state index in [2.05, 4.69) is 16.9 Å². The SMILES string of the molecule is C=C(C)CNC(=NCC(=O)N(C)C)N(C)CCOc1ccc(OC)cc1. The molecule has 0 aliphatic heterocycles. The van der Waals surface area contributed by atoms with E-state index < -0.39 is 0 Å². The van der Waals surface area contributed by atoms with Crippen LogP contribution in [-0.2, 0) is 4.79 Å². The summed E-state index contributed by atoms with van der Waals surface area (Å²) in [5.74, 6) is 2.15. The maximum Gasteiger partial charge on any atom is 0.243 e. The molecule has 7 nitrogen and oxygen atoms in total. The quantitative estimate of drug-likeness (QED) is 0.411.